The van der Waals surface area contributed by atoms with Crippen molar-refractivity contribution in [1.29, 1.82) is 5.26 Å². The fourth-order valence-corrected chi connectivity index (χ4v) is 3.50. The van der Waals surface area contributed by atoms with E-state index >= 15 is 0 Å². The minimum Gasteiger partial charge on any atom is -0.343 e. The van der Waals surface area contributed by atoms with Gasteiger partial charge in [0.2, 0.25) is 5.91 Å². The van der Waals surface area contributed by atoms with E-state index < -0.39 is 43.3 Å². The third-order valence-corrected chi connectivity index (χ3v) is 5.05. The SMILES string of the molecule is N#C[C@@H]1CC(F)(F)CN1C(=O)CNC(=O)c1ccncc1/C=C/c1cn2ccccc2n1. The first-order valence-electron chi connectivity index (χ1n) is 9.77. The van der Waals surface area contributed by atoms with Gasteiger partial charge in [-0.3, -0.25) is 14.6 Å². The highest BCUT2D eigenvalue weighted by Crippen LogP contribution is 2.31. The summed E-state index contributed by atoms with van der Waals surface area (Å²) in [5.74, 6) is -4.41. The van der Waals surface area contributed by atoms with Crippen LogP contribution in [0.3, 0.4) is 0 Å². The molecule has 1 atom stereocenters. The molecule has 1 saturated heterocycles. The second-order valence-corrected chi connectivity index (χ2v) is 7.34. The van der Waals surface area contributed by atoms with Crippen molar-refractivity contribution in [2.45, 2.75) is 18.4 Å². The van der Waals surface area contributed by atoms with Crippen molar-refractivity contribution in [2.24, 2.45) is 0 Å². The fraction of sp³-hybridized carbons (Fsp3) is 0.227. The number of hydrogen-bond acceptors (Lipinski definition) is 5. The van der Waals surface area contributed by atoms with Gasteiger partial charge in [-0.2, -0.15) is 5.26 Å². The van der Waals surface area contributed by atoms with Crippen LogP contribution in [0.25, 0.3) is 17.8 Å². The molecule has 8 nitrogen and oxygen atoms in total. The van der Waals surface area contributed by atoms with E-state index in [1.165, 1.54) is 18.5 Å². The van der Waals surface area contributed by atoms with Crippen molar-refractivity contribution < 1.29 is 18.4 Å². The number of likely N-dealkylation sites (tertiary alicyclic amines) is 1. The molecule has 0 radical (unpaired) electrons. The molecule has 0 bridgehead atoms. The second kappa shape index (κ2) is 8.55. The molecule has 4 heterocycles. The van der Waals surface area contributed by atoms with Gasteiger partial charge in [0.25, 0.3) is 11.8 Å². The number of halogens is 2. The van der Waals surface area contributed by atoms with Gasteiger partial charge in [0.1, 0.15) is 11.7 Å². The topological polar surface area (TPSA) is 103 Å². The number of carbonyl (C=O) groups excluding carboxylic acids is 2. The number of imidazole rings is 1. The molecule has 3 aromatic rings. The Labute approximate surface area is 181 Å². The van der Waals surface area contributed by atoms with Crippen LogP contribution in [0, 0.1) is 11.3 Å². The molecule has 0 aliphatic carbocycles. The maximum absolute atomic E-state index is 13.5. The third kappa shape index (κ3) is 4.46. The highest BCUT2D eigenvalue weighted by atomic mass is 19.3. The van der Waals surface area contributed by atoms with Crippen molar-refractivity contribution in [3.8, 4) is 6.07 Å². The van der Waals surface area contributed by atoms with Crippen molar-refractivity contribution in [3.05, 3.63) is 65.9 Å². The Morgan fingerprint density at radius 2 is 2.16 bits per heavy atom. The van der Waals surface area contributed by atoms with Gasteiger partial charge < -0.3 is 14.6 Å². The molecular weight excluding hydrogens is 418 g/mol. The molecule has 3 aromatic heterocycles. The number of alkyl halides is 2. The zero-order chi connectivity index (χ0) is 22.7. The Morgan fingerprint density at radius 3 is 2.94 bits per heavy atom. The lowest BCUT2D eigenvalue weighted by Gasteiger charge is -2.19. The van der Waals surface area contributed by atoms with Gasteiger partial charge in [-0.1, -0.05) is 12.1 Å². The number of aromatic nitrogens is 3. The Balaban J connectivity index is 1.44. The third-order valence-electron chi connectivity index (χ3n) is 5.05. The molecule has 1 aliphatic heterocycles. The average molecular weight is 436 g/mol. The van der Waals surface area contributed by atoms with E-state index in [-0.39, 0.29) is 5.56 Å². The summed E-state index contributed by atoms with van der Waals surface area (Å²) in [5, 5.41) is 11.5. The van der Waals surface area contributed by atoms with E-state index in [2.05, 4.69) is 15.3 Å². The van der Waals surface area contributed by atoms with Crippen molar-refractivity contribution in [1.82, 2.24) is 24.6 Å². The summed E-state index contributed by atoms with van der Waals surface area (Å²) in [6.45, 7) is -1.33. The molecule has 1 aliphatic rings. The summed E-state index contributed by atoms with van der Waals surface area (Å²) in [6, 6.07) is 7.62. The van der Waals surface area contributed by atoms with E-state index in [9.17, 15) is 18.4 Å². The highest BCUT2D eigenvalue weighted by Gasteiger charge is 2.47. The predicted molar refractivity (Wildman–Crippen MR) is 111 cm³/mol. The lowest BCUT2D eigenvalue weighted by Crippen LogP contribution is -2.43. The van der Waals surface area contributed by atoms with Gasteiger partial charge in [0, 0.05) is 42.3 Å². The molecule has 4 rings (SSSR count). The van der Waals surface area contributed by atoms with Crippen LogP contribution in [0.5, 0.6) is 0 Å². The normalized spacial score (nSPS) is 17.5. The quantitative estimate of drug-likeness (QED) is 0.662. The van der Waals surface area contributed by atoms with Crippen molar-refractivity contribution in [3.63, 3.8) is 0 Å². The Bertz CT molecular complexity index is 1210. The first kappa shape index (κ1) is 21.1. The van der Waals surface area contributed by atoms with Crippen LogP contribution in [0.15, 0.2) is 49.1 Å². The number of nitrogens with zero attached hydrogens (tertiary/aromatic N) is 5. The molecule has 2 amide bonds. The average Bonchev–Trinajstić information content (AvgIpc) is 3.35. The second-order valence-electron chi connectivity index (χ2n) is 7.34. The number of rotatable bonds is 5. The molecule has 0 unspecified atom stereocenters. The van der Waals surface area contributed by atoms with Crippen LogP contribution in [0.2, 0.25) is 0 Å². The van der Waals surface area contributed by atoms with Crippen molar-refractivity contribution in [2.75, 3.05) is 13.1 Å². The smallest absolute Gasteiger partial charge is 0.268 e. The number of amides is 2. The minimum absolute atomic E-state index is 0.261. The Kier molecular flexibility index (Phi) is 5.64. The summed E-state index contributed by atoms with van der Waals surface area (Å²) < 4.78 is 29.0. The van der Waals surface area contributed by atoms with E-state index in [1.807, 2.05) is 35.0 Å². The van der Waals surface area contributed by atoms with Crippen LogP contribution in [0.1, 0.15) is 28.0 Å². The number of hydrogen-bond donors (Lipinski definition) is 1. The van der Waals surface area contributed by atoms with Crippen LogP contribution in [0.4, 0.5) is 8.78 Å². The van der Waals surface area contributed by atoms with Crippen LogP contribution in [-0.2, 0) is 4.79 Å². The van der Waals surface area contributed by atoms with Gasteiger partial charge in [-0.05, 0) is 24.3 Å². The lowest BCUT2D eigenvalue weighted by molar-refractivity contribution is -0.131. The number of nitrogens with one attached hydrogen (secondary N) is 1. The minimum atomic E-state index is -3.11. The molecule has 0 spiro atoms. The highest BCUT2D eigenvalue weighted by molar-refractivity contribution is 6.00. The molecule has 0 aromatic carbocycles. The van der Waals surface area contributed by atoms with E-state index in [0.29, 0.717) is 11.3 Å². The zero-order valence-electron chi connectivity index (χ0n) is 16.8. The van der Waals surface area contributed by atoms with E-state index in [1.54, 1.807) is 18.2 Å². The summed E-state index contributed by atoms with van der Waals surface area (Å²) in [4.78, 5) is 34.2. The van der Waals surface area contributed by atoms with Crippen LogP contribution in [-0.4, -0.2) is 56.1 Å². The van der Waals surface area contributed by atoms with Crippen LogP contribution >= 0.6 is 0 Å². The lowest BCUT2D eigenvalue weighted by atomic mass is 10.1. The molecule has 162 valence electrons. The summed E-state index contributed by atoms with van der Waals surface area (Å²) in [6.07, 6.45) is 9.34. The summed E-state index contributed by atoms with van der Waals surface area (Å²) in [7, 11) is 0. The maximum Gasteiger partial charge on any atom is 0.268 e. The van der Waals surface area contributed by atoms with Gasteiger partial charge in [-0.25, -0.2) is 13.8 Å². The zero-order valence-corrected chi connectivity index (χ0v) is 16.8. The largest absolute Gasteiger partial charge is 0.343 e. The van der Waals surface area contributed by atoms with Gasteiger partial charge in [0.05, 0.1) is 24.9 Å². The first-order valence-corrected chi connectivity index (χ1v) is 9.77. The predicted octanol–water partition coefficient (Wildman–Crippen LogP) is 2.39. The van der Waals surface area contributed by atoms with E-state index in [0.717, 1.165) is 10.5 Å². The van der Waals surface area contributed by atoms with Crippen molar-refractivity contribution >= 4 is 29.6 Å². The first-order chi connectivity index (χ1) is 15.4. The molecule has 0 saturated carbocycles. The molecule has 32 heavy (non-hydrogen) atoms. The Morgan fingerprint density at radius 1 is 1.31 bits per heavy atom. The Hall–Kier alpha value is -4.13. The number of nitriles is 1. The summed E-state index contributed by atoms with van der Waals surface area (Å²) in [5.41, 5.74) is 2.21. The monoisotopic (exact) mass is 436 g/mol. The summed E-state index contributed by atoms with van der Waals surface area (Å²) >= 11 is 0. The standard InChI is InChI=1S/C22H18F2N6O2/c23-22(24)9-17(10-25)30(14-22)20(31)12-27-21(32)18-6-7-26-11-15(18)4-5-16-13-29-8-2-1-3-19(29)28-16/h1-8,11,13,17H,9,12,14H2,(H,27,32)/b5-4+/t17-/m0/s1. The van der Waals surface area contributed by atoms with Gasteiger partial charge in [0.15, 0.2) is 0 Å². The number of pyridine rings is 2. The van der Waals surface area contributed by atoms with Crippen LogP contribution < -0.4 is 5.32 Å². The van der Waals surface area contributed by atoms with Gasteiger partial charge in [-0.15, -0.1) is 0 Å². The molecular formula is C22H18F2N6O2. The number of fused-ring (bicyclic) bond motifs is 1. The molecule has 1 N–H and O–H groups in total. The fourth-order valence-electron chi connectivity index (χ4n) is 3.50. The molecule has 1 fully saturated rings. The van der Waals surface area contributed by atoms with Gasteiger partial charge >= 0.3 is 0 Å². The maximum atomic E-state index is 13.5. The number of carbonyl (C=O) groups is 2. The van der Waals surface area contributed by atoms with E-state index in [4.69, 9.17) is 5.26 Å². The molecule has 10 heteroatoms.